The molecule has 0 bridgehead atoms. The van der Waals surface area contributed by atoms with Crippen molar-refractivity contribution in [1.82, 2.24) is 5.32 Å². The van der Waals surface area contributed by atoms with E-state index in [1.807, 2.05) is 0 Å². The fourth-order valence-electron chi connectivity index (χ4n) is 2.02. The molecule has 0 fully saturated rings. The van der Waals surface area contributed by atoms with Crippen LogP contribution in [0.3, 0.4) is 0 Å². The highest BCUT2D eigenvalue weighted by Gasteiger charge is 2.24. The molecule has 14 heavy (non-hydrogen) atoms. The predicted molar refractivity (Wildman–Crippen MR) is 65.7 cm³/mol. The van der Waals surface area contributed by atoms with E-state index in [0.717, 1.165) is 0 Å². The van der Waals surface area contributed by atoms with Crippen LogP contribution in [0.25, 0.3) is 0 Å². The topological polar surface area (TPSA) is 12.0 Å². The number of hydrogen-bond acceptors (Lipinski definition) is 1. The van der Waals surface area contributed by atoms with Gasteiger partial charge in [0.25, 0.3) is 0 Å². The Morgan fingerprint density at radius 2 is 1.57 bits per heavy atom. The monoisotopic (exact) mass is 199 g/mol. The molecule has 0 aliphatic heterocycles. The zero-order valence-electron chi connectivity index (χ0n) is 10.7. The van der Waals surface area contributed by atoms with Crippen LogP contribution >= 0.6 is 0 Å². The molecule has 0 saturated carbocycles. The summed E-state index contributed by atoms with van der Waals surface area (Å²) in [6.45, 7) is 11.6. The zero-order chi connectivity index (χ0) is 10.9. The third-order valence-electron chi connectivity index (χ3n) is 3.49. The zero-order valence-corrected chi connectivity index (χ0v) is 10.7. The van der Waals surface area contributed by atoms with Crippen molar-refractivity contribution in [2.75, 3.05) is 13.1 Å². The molecule has 0 saturated heterocycles. The van der Waals surface area contributed by atoms with Crippen LogP contribution in [0.15, 0.2) is 0 Å². The van der Waals surface area contributed by atoms with Crippen molar-refractivity contribution < 1.29 is 0 Å². The summed E-state index contributed by atoms with van der Waals surface area (Å²) in [6, 6.07) is 0. The second-order valence-corrected chi connectivity index (χ2v) is 4.49. The first-order valence-electron chi connectivity index (χ1n) is 6.45. The van der Waals surface area contributed by atoms with Gasteiger partial charge in [0.1, 0.15) is 0 Å². The Labute approximate surface area is 90.7 Å². The standard InChI is InChI=1S/C13H29N/c1-5-9-10-13(7-3,8-4)12-14-11-6-2/h14H,5-12H2,1-4H3. The van der Waals surface area contributed by atoms with Gasteiger partial charge in [-0.15, -0.1) is 0 Å². The lowest BCUT2D eigenvalue weighted by atomic mass is 9.78. The van der Waals surface area contributed by atoms with E-state index in [4.69, 9.17) is 0 Å². The number of nitrogens with one attached hydrogen (secondary N) is 1. The Morgan fingerprint density at radius 3 is 2.00 bits per heavy atom. The summed E-state index contributed by atoms with van der Waals surface area (Å²) >= 11 is 0. The van der Waals surface area contributed by atoms with Gasteiger partial charge in [0.2, 0.25) is 0 Å². The molecule has 0 rings (SSSR count). The summed E-state index contributed by atoms with van der Waals surface area (Å²) in [5.41, 5.74) is 0.575. The van der Waals surface area contributed by atoms with Crippen LogP contribution < -0.4 is 5.32 Å². The van der Waals surface area contributed by atoms with Crippen molar-refractivity contribution in [1.29, 1.82) is 0 Å². The molecule has 1 nitrogen and oxygen atoms in total. The second kappa shape index (κ2) is 8.28. The van der Waals surface area contributed by atoms with E-state index in [9.17, 15) is 0 Å². The SMILES string of the molecule is CCCCC(CC)(CC)CNCCC. The molecule has 0 aromatic carbocycles. The average molecular weight is 199 g/mol. The summed E-state index contributed by atoms with van der Waals surface area (Å²) in [5.74, 6) is 0. The largest absolute Gasteiger partial charge is 0.316 e. The maximum absolute atomic E-state index is 3.59. The quantitative estimate of drug-likeness (QED) is 0.554. The minimum absolute atomic E-state index is 0.575. The van der Waals surface area contributed by atoms with Gasteiger partial charge in [0.15, 0.2) is 0 Å². The van der Waals surface area contributed by atoms with Gasteiger partial charge in [-0.25, -0.2) is 0 Å². The first-order chi connectivity index (χ1) is 6.74. The Balaban J connectivity index is 3.94. The lowest BCUT2D eigenvalue weighted by Gasteiger charge is -2.32. The Hall–Kier alpha value is -0.0400. The van der Waals surface area contributed by atoms with E-state index in [0.29, 0.717) is 5.41 Å². The van der Waals surface area contributed by atoms with E-state index < -0.39 is 0 Å². The molecule has 1 N–H and O–H groups in total. The molecular formula is C13H29N. The van der Waals surface area contributed by atoms with Gasteiger partial charge < -0.3 is 5.32 Å². The second-order valence-electron chi connectivity index (χ2n) is 4.49. The molecule has 0 amide bonds. The fourth-order valence-corrected chi connectivity index (χ4v) is 2.02. The van der Waals surface area contributed by atoms with Crippen molar-refractivity contribution in [2.45, 2.75) is 66.2 Å². The van der Waals surface area contributed by atoms with Crippen LogP contribution in [0.1, 0.15) is 66.2 Å². The van der Waals surface area contributed by atoms with Crippen LogP contribution in [0.5, 0.6) is 0 Å². The third-order valence-corrected chi connectivity index (χ3v) is 3.49. The van der Waals surface area contributed by atoms with E-state index in [2.05, 4.69) is 33.0 Å². The van der Waals surface area contributed by atoms with Crippen LogP contribution in [-0.2, 0) is 0 Å². The maximum atomic E-state index is 3.59. The average Bonchev–Trinajstić information content (AvgIpc) is 2.24. The van der Waals surface area contributed by atoms with Crippen LogP contribution in [0, 0.1) is 5.41 Å². The molecule has 0 aromatic heterocycles. The minimum atomic E-state index is 0.575. The van der Waals surface area contributed by atoms with Crippen molar-refractivity contribution in [3.05, 3.63) is 0 Å². The lowest BCUT2D eigenvalue weighted by Crippen LogP contribution is -2.33. The van der Waals surface area contributed by atoms with Crippen molar-refractivity contribution in [3.63, 3.8) is 0 Å². The van der Waals surface area contributed by atoms with E-state index >= 15 is 0 Å². The van der Waals surface area contributed by atoms with Gasteiger partial charge >= 0.3 is 0 Å². The highest BCUT2D eigenvalue weighted by atomic mass is 14.9. The van der Waals surface area contributed by atoms with Crippen LogP contribution in [-0.4, -0.2) is 13.1 Å². The molecule has 0 spiro atoms. The molecule has 0 unspecified atom stereocenters. The van der Waals surface area contributed by atoms with Gasteiger partial charge in [-0.3, -0.25) is 0 Å². The van der Waals surface area contributed by atoms with Gasteiger partial charge in [-0.1, -0.05) is 40.5 Å². The Morgan fingerprint density at radius 1 is 0.929 bits per heavy atom. The summed E-state index contributed by atoms with van der Waals surface area (Å²) in [7, 11) is 0. The number of unbranched alkanes of at least 4 members (excludes halogenated alkanes) is 1. The van der Waals surface area contributed by atoms with Gasteiger partial charge in [-0.05, 0) is 37.6 Å². The molecule has 1 heteroatoms. The van der Waals surface area contributed by atoms with E-state index in [1.165, 1.54) is 51.6 Å². The summed E-state index contributed by atoms with van der Waals surface area (Å²) < 4.78 is 0. The summed E-state index contributed by atoms with van der Waals surface area (Å²) in [6.07, 6.45) is 8.00. The van der Waals surface area contributed by atoms with E-state index in [1.54, 1.807) is 0 Å². The molecular weight excluding hydrogens is 170 g/mol. The fraction of sp³-hybridized carbons (Fsp3) is 1.00. The maximum Gasteiger partial charge on any atom is 0.000760 e. The minimum Gasteiger partial charge on any atom is -0.316 e. The smallest absolute Gasteiger partial charge is 0.000760 e. The van der Waals surface area contributed by atoms with E-state index in [-0.39, 0.29) is 0 Å². The lowest BCUT2D eigenvalue weighted by molar-refractivity contribution is 0.222. The first-order valence-corrected chi connectivity index (χ1v) is 6.45. The van der Waals surface area contributed by atoms with Crippen molar-refractivity contribution >= 4 is 0 Å². The highest BCUT2D eigenvalue weighted by Crippen LogP contribution is 2.31. The molecule has 0 aromatic rings. The number of hydrogen-bond donors (Lipinski definition) is 1. The molecule has 0 radical (unpaired) electrons. The predicted octanol–water partition coefficient (Wildman–Crippen LogP) is 3.98. The Bertz CT molecular complexity index is 116. The molecule has 0 atom stereocenters. The van der Waals surface area contributed by atoms with Gasteiger partial charge in [-0.2, -0.15) is 0 Å². The van der Waals surface area contributed by atoms with Gasteiger partial charge in [0.05, 0.1) is 0 Å². The number of rotatable bonds is 9. The summed E-state index contributed by atoms with van der Waals surface area (Å²) in [4.78, 5) is 0. The van der Waals surface area contributed by atoms with Crippen molar-refractivity contribution in [2.24, 2.45) is 5.41 Å². The van der Waals surface area contributed by atoms with Gasteiger partial charge in [0, 0.05) is 6.54 Å². The van der Waals surface area contributed by atoms with Crippen LogP contribution in [0.4, 0.5) is 0 Å². The molecule has 86 valence electrons. The van der Waals surface area contributed by atoms with Crippen molar-refractivity contribution in [3.8, 4) is 0 Å². The molecule has 0 aliphatic rings. The normalized spacial score (nSPS) is 12.0. The third kappa shape index (κ3) is 4.99. The Kier molecular flexibility index (Phi) is 8.26. The first kappa shape index (κ1) is 14.0. The van der Waals surface area contributed by atoms with Crippen LogP contribution in [0.2, 0.25) is 0 Å². The molecule has 0 aliphatic carbocycles. The molecule has 0 heterocycles. The summed E-state index contributed by atoms with van der Waals surface area (Å²) in [5, 5.41) is 3.59. The highest BCUT2D eigenvalue weighted by molar-refractivity contribution is 4.78.